The molecule has 1 aromatic carbocycles. The predicted molar refractivity (Wildman–Crippen MR) is 76.8 cm³/mol. The highest BCUT2D eigenvalue weighted by molar-refractivity contribution is 5.96. The number of rotatable bonds is 6. The molecule has 0 bridgehead atoms. The Balaban J connectivity index is 2.59. The van der Waals surface area contributed by atoms with Gasteiger partial charge in [-0.2, -0.15) is 0 Å². The van der Waals surface area contributed by atoms with Crippen LogP contribution in [0.5, 0.6) is 0 Å². The Kier molecular flexibility index (Phi) is 5.74. The van der Waals surface area contributed by atoms with Crippen molar-refractivity contribution in [2.75, 3.05) is 0 Å². The molecule has 3 nitrogen and oxygen atoms in total. The molecule has 0 fully saturated rings. The van der Waals surface area contributed by atoms with Gasteiger partial charge in [0.25, 0.3) is 0 Å². The summed E-state index contributed by atoms with van der Waals surface area (Å²) in [7, 11) is 0. The molecule has 1 atom stereocenters. The van der Waals surface area contributed by atoms with E-state index in [4.69, 9.17) is 0 Å². The maximum absolute atomic E-state index is 11.5. The molecule has 0 aromatic heterocycles. The van der Waals surface area contributed by atoms with Crippen LogP contribution in [0, 0.1) is 5.92 Å². The third kappa shape index (κ3) is 5.69. The number of carbonyl (C=O) groups excluding carboxylic acids is 2. The van der Waals surface area contributed by atoms with Crippen LogP contribution in [0.3, 0.4) is 0 Å². The monoisotopic (exact) mass is 261 g/mol. The molecule has 0 aliphatic rings. The highest BCUT2D eigenvalue weighted by Gasteiger charge is 2.11. The molecule has 0 aliphatic heterocycles. The molecule has 0 spiro atoms. The Morgan fingerprint density at radius 3 is 2.16 bits per heavy atom. The van der Waals surface area contributed by atoms with Gasteiger partial charge in [-0.05, 0) is 37.3 Å². The lowest BCUT2D eigenvalue weighted by Gasteiger charge is -2.14. The molecule has 1 rings (SSSR count). The van der Waals surface area contributed by atoms with Crippen molar-refractivity contribution in [1.82, 2.24) is 5.32 Å². The molecule has 104 valence electrons. The molecule has 3 heteroatoms. The molecule has 1 N–H and O–H groups in total. The number of carbonyl (C=O) groups is 2. The SMILES string of the molecule is CC(=O)CC(=O)NC(C)c1ccc(CC(C)C)cc1. The Labute approximate surface area is 115 Å². The summed E-state index contributed by atoms with van der Waals surface area (Å²) in [6.45, 7) is 7.73. The van der Waals surface area contributed by atoms with Gasteiger partial charge >= 0.3 is 0 Å². The Hall–Kier alpha value is -1.64. The van der Waals surface area contributed by atoms with E-state index < -0.39 is 0 Å². The van der Waals surface area contributed by atoms with Crippen molar-refractivity contribution in [1.29, 1.82) is 0 Å². The molecule has 1 unspecified atom stereocenters. The number of amides is 1. The number of ketones is 1. The van der Waals surface area contributed by atoms with E-state index in [-0.39, 0.29) is 24.2 Å². The lowest BCUT2D eigenvalue weighted by molar-refractivity contribution is -0.127. The van der Waals surface area contributed by atoms with Crippen LogP contribution in [0.1, 0.15) is 51.3 Å². The van der Waals surface area contributed by atoms with Crippen molar-refractivity contribution < 1.29 is 9.59 Å². The summed E-state index contributed by atoms with van der Waals surface area (Å²) >= 11 is 0. The van der Waals surface area contributed by atoms with Gasteiger partial charge in [0.2, 0.25) is 5.91 Å². The molecule has 1 aromatic rings. The Morgan fingerprint density at radius 1 is 1.11 bits per heavy atom. The number of hydrogen-bond acceptors (Lipinski definition) is 2. The summed E-state index contributed by atoms with van der Waals surface area (Å²) in [5, 5.41) is 2.83. The molecular weight excluding hydrogens is 238 g/mol. The minimum absolute atomic E-state index is 0.0459. The van der Waals surface area contributed by atoms with Crippen molar-refractivity contribution in [3.8, 4) is 0 Å². The summed E-state index contributed by atoms with van der Waals surface area (Å²) in [5.41, 5.74) is 2.37. The summed E-state index contributed by atoms with van der Waals surface area (Å²) in [6.07, 6.45) is 1.02. The molecule has 0 aliphatic carbocycles. The van der Waals surface area contributed by atoms with E-state index >= 15 is 0 Å². The molecule has 0 saturated heterocycles. The van der Waals surface area contributed by atoms with Crippen LogP contribution in [0.4, 0.5) is 0 Å². The van der Waals surface area contributed by atoms with Crippen molar-refractivity contribution in [3.63, 3.8) is 0 Å². The van der Waals surface area contributed by atoms with Gasteiger partial charge in [0.1, 0.15) is 5.78 Å². The van der Waals surface area contributed by atoms with E-state index in [9.17, 15) is 9.59 Å². The minimum Gasteiger partial charge on any atom is -0.349 e. The zero-order chi connectivity index (χ0) is 14.4. The van der Waals surface area contributed by atoms with Crippen molar-refractivity contribution in [2.24, 2.45) is 5.92 Å². The average Bonchev–Trinajstić information content (AvgIpc) is 2.27. The molecule has 0 radical (unpaired) electrons. The first-order chi connectivity index (χ1) is 8.88. The van der Waals surface area contributed by atoms with E-state index in [0.717, 1.165) is 12.0 Å². The fourth-order valence-electron chi connectivity index (χ4n) is 2.02. The van der Waals surface area contributed by atoms with Gasteiger partial charge in [-0.25, -0.2) is 0 Å². The Morgan fingerprint density at radius 2 is 1.68 bits per heavy atom. The van der Waals surface area contributed by atoms with Gasteiger partial charge < -0.3 is 5.32 Å². The fraction of sp³-hybridized carbons (Fsp3) is 0.500. The van der Waals surface area contributed by atoms with Gasteiger partial charge in [-0.15, -0.1) is 0 Å². The van der Waals surface area contributed by atoms with E-state index in [1.807, 2.05) is 19.1 Å². The second-order valence-electron chi connectivity index (χ2n) is 5.51. The Bertz CT molecular complexity index is 435. The highest BCUT2D eigenvalue weighted by Crippen LogP contribution is 2.15. The number of hydrogen-bond donors (Lipinski definition) is 1. The lowest BCUT2D eigenvalue weighted by atomic mass is 10.00. The topological polar surface area (TPSA) is 46.2 Å². The molecule has 1 amide bonds. The maximum Gasteiger partial charge on any atom is 0.227 e. The molecule has 19 heavy (non-hydrogen) atoms. The summed E-state index contributed by atoms with van der Waals surface area (Å²) < 4.78 is 0. The highest BCUT2D eigenvalue weighted by atomic mass is 16.2. The van der Waals surface area contributed by atoms with Gasteiger partial charge in [-0.3, -0.25) is 9.59 Å². The smallest absolute Gasteiger partial charge is 0.227 e. The zero-order valence-corrected chi connectivity index (χ0v) is 12.2. The zero-order valence-electron chi connectivity index (χ0n) is 12.2. The average molecular weight is 261 g/mol. The summed E-state index contributed by atoms with van der Waals surface area (Å²) in [5.74, 6) is 0.307. The van der Waals surface area contributed by atoms with Gasteiger partial charge in [0, 0.05) is 0 Å². The molecular formula is C16H23NO2. The summed E-state index contributed by atoms with van der Waals surface area (Å²) in [4.78, 5) is 22.4. The van der Waals surface area contributed by atoms with E-state index in [0.29, 0.717) is 5.92 Å². The number of Topliss-reactive ketones (excluding diaryl/α,β-unsaturated/α-hetero) is 1. The third-order valence-electron chi connectivity index (χ3n) is 2.91. The van der Waals surface area contributed by atoms with E-state index in [1.165, 1.54) is 12.5 Å². The standard InChI is InChI=1S/C16H23NO2/c1-11(2)9-14-5-7-15(8-6-14)13(4)17-16(19)10-12(3)18/h5-8,11,13H,9-10H2,1-4H3,(H,17,19). The molecule has 0 saturated carbocycles. The first-order valence-corrected chi connectivity index (χ1v) is 6.76. The van der Waals surface area contributed by atoms with E-state index in [1.54, 1.807) is 0 Å². The first-order valence-electron chi connectivity index (χ1n) is 6.76. The van der Waals surface area contributed by atoms with Crippen molar-refractivity contribution >= 4 is 11.7 Å². The molecule has 0 heterocycles. The van der Waals surface area contributed by atoms with Gasteiger partial charge in [-0.1, -0.05) is 38.1 Å². The van der Waals surface area contributed by atoms with Crippen molar-refractivity contribution in [2.45, 2.75) is 46.6 Å². The van der Waals surface area contributed by atoms with Crippen LogP contribution in [0.25, 0.3) is 0 Å². The maximum atomic E-state index is 11.5. The lowest BCUT2D eigenvalue weighted by Crippen LogP contribution is -2.27. The second-order valence-corrected chi connectivity index (χ2v) is 5.51. The van der Waals surface area contributed by atoms with Crippen LogP contribution in [0.2, 0.25) is 0 Å². The second kappa shape index (κ2) is 7.07. The third-order valence-corrected chi connectivity index (χ3v) is 2.91. The van der Waals surface area contributed by atoms with Crippen LogP contribution in [-0.2, 0) is 16.0 Å². The van der Waals surface area contributed by atoms with Gasteiger partial charge in [0.15, 0.2) is 0 Å². The van der Waals surface area contributed by atoms with Crippen LogP contribution in [0.15, 0.2) is 24.3 Å². The predicted octanol–water partition coefficient (Wildman–Crippen LogP) is 3.04. The van der Waals surface area contributed by atoms with Crippen LogP contribution in [-0.4, -0.2) is 11.7 Å². The van der Waals surface area contributed by atoms with Crippen molar-refractivity contribution in [3.05, 3.63) is 35.4 Å². The quantitative estimate of drug-likeness (QED) is 0.800. The number of nitrogens with one attached hydrogen (secondary N) is 1. The van der Waals surface area contributed by atoms with Crippen LogP contribution < -0.4 is 5.32 Å². The van der Waals surface area contributed by atoms with E-state index in [2.05, 4.69) is 31.3 Å². The first kappa shape index (κ1) is 15.4. The fourth-order valence-corrected chi connectivity index (χ4v) is 2.02. The summed E-state index contributed by atoms with van der Waals surface area (Å²) in [6, 6.07) is 8.21. The normalized spacial score (nSPS) is 12.3. The minimum atomic E-state index is -0.216. The van der Waals surface area contributed by atoms with Crippen LogP contribution >= 0.6 is 0 Å². The van der Waals surface area contributed by atoms with Gasteiger partial charge in [0.05, 0.1) is 12.5 Å². The number of benzene rings is 1. The largest absolute Gasteiger partial charge is 0.349 e.